The zero-order valence-electron chi connectivity index (χ0n) is 39.1. The van der Waals surface area contributed by atoms with Gasteiger partial charge in [-0.15, -0.1) is 0 Å². The van der Waals surface area contributed by atoms with Crippen LogP contribution in [0.1, 0.15) is 91.4 Å². The van der Waals surface area contributed by atoms with Crippen LogP contribution in [0.15, 0.2) is 0 Å². The van der Waals surface area contributed by atoms with Crippen LogP contribution in [0.4, 0.5) is 0 Å². The highest BCUT2D eigenvalue weighted by Crippen LogP contribution is 2.10. The first-order chi connectivity index (χ1) is 32.3. The number of nitrogens with two attached hydrogens (primary N) is 6. The molecular weight excluding hydrogens is 917 g/mol. The molecule has 0 aromatic rings. The van der Waals surface area contributed by atoms with Crippen LogP contribution in [0.25, 0.3) is 0 Å². The molecule has 0 radical (unpaired) electrons. The predicted octanol–water partition coefficient (Wildman–Crippen LogP) is -7.83. The Morgan fingerprint density at radius 1 is 0.478 bits per heavy atom. The van der Waals surface area contributed by atoms with Gasteiger partial charge >= 0.3 is 11.9 Å². The van der Waals surface area contributed by atoms with Gasteiger partial charge in [0.1, 0.15) is 42.3 Å². The summed E-state index contributed by atoms with van der Waals surface area (Å²) in [5, 5.41) is 47.4. The van der Waals surface area contributed by atoms with E-state index in [1.165, 1.54) is 20.8 Å². The molecule has 10 amide bonds. The van der Waals surface area contributed by atoms with E-state index in [0.717, 1.165) is 0 Å². The first kappa shape index (κ1) is 62.4. The second kappa shape index (κ2) is 33.0. The molecule has 0 aromatic heterocycles. The van der Waals surface area contributed by atoms with E-state index in [0.29, 0.717) is 12.8 Å². The van der Waals surface area contributed by atoms with Crippen molar-refractivity contribution in [1.82, 2.24) is 42.5 Å². The number of rotatable bonds is 36. The van der Waals surface area contributed by atoms with Crippen molar-refractivity contribution < 1.29 is 72.9 Å². The van der Waals surface area contributed by atoms with E-state index in [1.54, 1.807) is 0 Å². The Morgan fingerprint density at radius 2 is 0.899 bits per heavy atom. The molecule has 392 valence electrons. The molecule has 0 heterocycles. The largest absolute Gasteiger partial charge is 0.481 e. The monoisotopic (exact) mass is 989 g/mol. The number of carbonyl (C=O) groups is 12. The number of carbonyl (C=O) groups excluding carboxylic acids is 10. The lowest BCUT2D eigenvalue weighted by Crippen LogP contribution is -2.62. The highest BCUT2D eigenvalue weighted by molar-refractivity contribution is 5.99. The number of unbranched alkanes of at least 4 members (excludes halogenated alkanes) is 1. The molecular formula is C40H72N14O15. The van der Waals surface area contributed by atoms with Crippen LogP contribution in [0.2, 0.25) is 0 Å². The number of aliphatic hydroxyl groups excluding tert-OH is 1. The van der Waals surface area contributed by atoms with Gasteiger partial charge in [-0.25, -0.2) is 4.79 Å². The van der Waals surface area contributed by atoms with Crippen molar-refractivity contribution in [2.24, 2.45) is 40.3 Å². The average molecular weight is 989 g/mol. The molecule has 0 aliphatic carbocycles. The molecule has 0 unspecified atom stereocenters. The van der Waals surface area contributed by atoms with Gasteiger partial charge < -0.3 is 92.3 Å². The van der Waals surface area contributed by atoms with Crippen LogP contribution >= 0.6 is 0 Å². The van der Waals surface area contributed by atoms with Crippen molar-refractivity contribution in [3.8, 4) is 0 Å². The molecule has 0 bridgehead atoms. The molecule has 29 nitrogen and oxygen atoms in total. The molecule has 9 atom stereocenters. The summed E-state index contributed by atoms with van der Waals surface area (Å²) in [4.78, 5) is 152. The second-order valence-electron chi connectivity index (χ2n) is 16.4. The average Bonchev–Trinajstić information content (AvgIpc) is 3.26. The minimum atomic E-state index is -1.75. The number of carboxylic acids is 2. The van der Waals surface area contributed by atoms with E-state index in [9.17, 15) is 67.7 Å². The lowest BCUT2D eigenvalue weighted by molar-refractivity contribution is -0.143. The number of amides is 10. The zero-order chi connectivity index (χ0) is 53.0. The van der Waals surface area contributed by atoms with Crippen LogP contribution in [0.5, 0.6) is 0 Å². The van der Waals surface area contributed by atoms with E-state index in [1.807, 2.05) is 5.32 Å². The van der Waals surface area contributed by atoms with Gasteiger partial charge in [-0.2, -0.15) is 0 Å². The van der Waals surface area contributed by atoms with Crippen molar-refractivity contribution in [1.29, 1.82) is 0 Å². The van der Waals surface area contributed by atoms with Crippen LogP contribution in [-0.2, 0) is 57.5 Å². The van der Waals surface area contributed by atoms with Crippen LogP contribution in [0.3, 0.4) is 0 Å². The summed E-state index contributed by atoms with van der Waals surface area (Å²) < 4.78 is 0. The maximum Gasteiger partial charge on any atom is 0.326 e. The molecule has 69 heavy (non-hydrogen) atoms. The standard InChI is InChI=1S/C40H72N14O15/c1-19(2)31(38(66)52-25(16-27(45)56)37(65)50-22(9-6-14-42)34(62)47-18-29(58)48-26(40(68)69)17-28(46)57)53-35(63)24(10-7-15-43)51-39(67)32(20(3)55)54-36(64)23(8-4-5-13-41)49-33(61)21(44)11-12-30(59)60/h19-26,31-32,55H,4-18,41-44H2,1-3H3,(H2,45,56)(H2,46,57)(H,47,62)(H,48,58)(H,49,61)(H,50,65)(H,51,67)(H,52,66)(H,53,63)(H,54,64)(H,59,60)(H,68,69)/t20-,21+,22+,23+,24+,25+,26+,31+,32+/m1/s1. The Balaban J connectivity index is 6.29. The van der Waals surface area contributed by atoms with Gasteiger partial charge in [-0.1, -0.05) is 13.8 Å². The predicted molar refractivity (Wildman–Crippen MR) is 243 cm³/mol. The van der Waals surface area contributed by atoms with E-state index >= 15 is 0 Å². The molecule has 0 saturated carbocycles. The summed E-state index contributed by atoms with van der Waals surface area (Å²) in [6.07, 6.45) is -2.97. The summed E-state index contributed by atoms with van der Waals surface area (Å²) in [6, 6.07) is -12.1. The summed E-state index contributed by atoms with van der Waals surface area (Å²) in [5.74, 6) is -13.5. The summed E-state index contributed by atoms with van der Waals surface area (Å²) >= 11 is 0. The summed E-state index contributed by atoms with van der Waals surface area (Å²) in [5.41, 5.74) is 33.1. The molecule has 0 aliphatic rings. The van der Waals surface area contributed by atoms with Crippen molar-refractivity contribution in [3.63, 3.8) is 0 Å². The molecule has 0 rings (SSSR count). The summed E-state index contributed by atoms with van der Waals surface area (Å²) in [6.45, 7) is 3.71. The third-order valence-corrected chi connectivity index (χ3v) is 10.1. The fourth-order valence-electron chi connectivity index (χ4n) is 6.22. The number of hydrogen-bond acceptors (Lipinski definition) is 17. The number of nitrogens with one attached hydrogen (secondary N) is 8. The minimum Gasteiger partial charge on any atom is -0.481 e. The smallest absolute Gasteiger partial charge is 0.326 e. The maximum atomic E-state index is 13.8. The first-order valence-electron chi connectivity index (χ1n) is 22.2. The highest BCUT2D eigenvalue weighted by atomic mass is 16.4. The lowest BCUT2D eigenvalue weighted by Gasteiger charge is -2.29. The van der Waals surface area contributed by atoms with Gasteiger partial charge in [0.2, 0.25) is 59.1 Å². The molecule has 23 N–H and O–H groups in total. The van der Waals surface area contributed by atoms with Gasteiger partial charge in [0.25, 0.3) is 0 Å². The quantitative estimate of drug-likeness (QED) is 0.0259. The first-order valence-corrected chi connectivity index (χ1v) is 22.2. The number of primary amides is 2. The molecule has 29 heteroatoms. The van der Waals surface area contributed by atoms with E-state index < -0.39 is 157 Å². The van der Waals surface area contributed by atoms with Crippen molar-refractivity contribution in [3.05, 3.63) is 0 Å². The van der Waals surface area contributed by atoms with Gasteiger partial charge in [0.15, 0.2) is 0 Å². The Morgan fingerprint density at radius 3 is 1.36 bits per heavy atom. The zero-order valence-corrected chi connectivity index (χ0v) is 39.1. The van der Waals surface area contributed by atoms with Gasteiger partial charge in [-0.05, 0) is 83.8 Å². The van der Waals surface area contributed by atoms with Crippen molar-refractivity contribution >= 4 is 71.0 Å². The number of aliphatic carboxylic acids is 2. The Kier molecular flexibility index (Phi) is 29.9. The van der Waals surface area contributed by atoms with Crippen molar-refractivity contribution in [2.45, 2.75) is 146 Å². The van der Waals surface area contributed by atoms with E-state index in [4.69, 9.17) is 39.5 Å². The number of aliphatic hydroxyl groups is 1. The second-order valence-corrected chi connectivity index (χ2v) is 16.4. The SMILES string of the molecule is CC(C)[C@H](NC(=O)[C@H](CCCN)NC(=O)[C@@H](NC(=O)[C@H](CCCCN)NC(=O)[C@@H](N)CCC(=O)O)[C@@H](C)O)C(=O)N[C@@H](CC(N)=O)C(=O)N[C@@H](CCCN)C(=O)NCC(=O)N[C@@H](CC(N)=O)C(=O)O. The fraction of sp³-hybridized carbons (Fsp3) is 0.700. The van der Waals surface area contributed by atoms with Crippen LogP contribution < -0.4 is 76.9 Å². The molecule has 0 fully saturated rings. The molecule has 0 spiro atoms. The molecule has 0 aliphatic heterocycles. The lowest BCUT2D eigenvalue weighted by atomic mass is 10.0. The summed E-state index contributed by atoms with van der Waals surface area (Å²) in [7, 11) is 0. The van der Waals surface area contributed by atoms with Gasteiger partial charge in [0.05, 0.1) is 31.5 Å². The Labute approximate surface area is 398 Å². The van der Waals surface area contributed by atoms with Gasteiger partial charge in [-0.3, -0.25) is 52.7 Å². The van der Waals surface area contributed by atoms with Crippen molar-refractivity contribution in [2.75, 3.05) is 26.2 Å². The normalized spacial score (nSPS) is 14.9. The van der Waals surface area contributed by atoms with Crippen LogP contribution in [-0.4, -0.2) is 167 Å². The van der Waals surface area contributed by atoms with E-state index in [2.05, 4.69) is 37.2 Å². The third kappa shape index (κ3) is 25.4. The maximum absolute atomic E-state index is 13.8. The fourth-order valence-corrected chi connectivity index (χ4v) is 6.22. The third-order valence-electron chi connectivity index (χ3n) is 10.1. The highest BCUT2D eigenvalue weighted by Gasteiger charge is 2.36. The minimum absolute atomic E-state index is 0.0146. The van der Waals surface area contributed by atoms with E-state index in [-0.39, 0.29) is 58.2 Å². The molecule has 0 aromatic carbocycles. The number of carboxylic acid groups (broad SMARTS) is 2. The van der Waals surface area contributed by atoms with Gasteiger partial charge in [0, 0.05) is 6.42 Å². The number of hydrogen-bond donors (Lipinski definition) is 17. The topological polar surface area (TPSA) is 518 Å². The Bertz CT molecular complexity index is 1790. The molecule has 0 saturated heterocycles. The Hall–Kier alpha value is -6.56. The van der Waals surface area contributed by atoms with Crippen LogP contribution in [0, 0.1) is 5.92 Å².